The third kappa shape index (κ3) is 2.30. The van der Waals surface area contributed by atoms with Crippen molar-refractivity contribution < 1.29 is 13.5 Å². The lowest BCUT2D eigenvalue weighted by molar-refractivity contribution is 0.181. The summed E-state index contributed by atoms with van der Waals surface area (Å²) in [6, 6.07) is 2.14. The molecule has 1 atom stereocenters. The van der Waals surface area contributed by atoms with E-state index in [1.54, 1.807) is 11.7 Å². The van der Waals surface area contributed by atoms with Crippen molar-refractivity contribution >= 4 is 23.3 Å². The van der Waals surface area contributed by atoms with E-state index in [0.717, 1.165) is 12.5 Å². The Hall–Kier alpha value is -1.27. The molecule has 0 radical (unpaired) electrons. The molecule has 0 aliphatic carbocycles. The second kappa shape index (κ2) is 5.16. The van der Waals surface area contributed by atoms with Crippen LogP contribution in [0.4, 0.5) is 8.78 Å². The van der Waals surface area contributed by atoms with E-state index in [9.17, 15) is 8.78 Å². The van der Waals surface area contributed by atoms with Gasteiger partial charge in [0.05, 0.1) is 5.52 Å². The number of halogens is 2. The summed E-state index contributed by atoms with van der Waals surface area (Å²) in [5, 5.41) is 0. The fraction of sp³-hybridized carbons (Fsp3) is 0.417. The molecule has 6 heteroatoms. The molecule has 1 unspecified atom stereocenters. The summed E-state index contributed by atoms with van der Waals surface area (Å²) >= 11 is 5.16. The number of benzene rings is 1. The summed E-state index contributed by atoms with van der Waals surface area (Å²) < 4.78 is 34.0. The SMILES string of the molecule is COCCC(C)n1c(=S)[nH]c2c(F)cc(F)cc21. The Morgan fingerprint density at radius 2 is 2.17 bits per heavy atom. The highest BCUT2D eigenvalue weighted by Crippen LogP contribution is 2.24. The highest BCUT2D eigenvalue weighted by molar-refractivity contribution is 7.71. The van der Waals surface area contributed by atoms with Gasteiger partial charge in [-0.05, 0) is 31.6 Å². The van der Waals surface area contributed by atoms with Crippen LogP contribution in [0, 0.1) is 16.4 Å². The predicted octanol–water partition coefficient (Wildman–Crippen LogP) is 3.57. The van der Waals surface area contributed by atoms with Crippen molar-refractivity contribution in [3.05, 3.63) is 28.5 Å². The largest absolute Gasteiger partial charge is 0.385 e. The first kappa shape index (κ1) is 13.2. The van der Waals surface area contributed by atoms with Gasteiger partial charge in [0, 0.05) is 25.8 Å². The molecule has 0 bridgehead atoms. The zero-order valence-corrected chi connectivity index (χ0v) is 11.0. The number of H-pyrrole nitrogens is 1. The molecule has 3 nitrogen and oxygen atoms in total. The molecule has 0 aliphatic rings. The van der Waals surface area contributed by atoms with Crippen molar-refractivity contribution in [3.8, 4) is 0 Å². The Balaban J connectivity index is 2.56. The normalized spacial score (nSPS) is 13.1. The van der Waals surface area contributed by atoms with Crippen molar-refractivity contribution in [1.82, 2.24) is 9.55 Å². The quantitative estimate of drug-likeness (QED) is 0.862. The van der Waals surface area contributed by atoms with Crippen LogP contribution in [0.5, 0.6) is 0 Å². The van der Waals surface area contributed by atoms with Gasteiger partial charge in [-0.25, -0.2) is 8.78 Å². The molecule has 2 rings (SSSR count). The predicted molar refractivity (Wildman–Crippen MR) is 68.2 cm³/mol. The van der Waals surface area contributed by atoms with Crippen molar-refractivity contribution in [3.63, 3.8) is 0 Å². The number of rotatable bonds is 4. The molecule has 1 aromatic heterocycles. The zero-order valence-electron chi connectivity index (χ0n) is 10.2. The van der Waals surface area contributed by atoms with Crippen LogP contribution >= 0.6 is 12.2 Å². The first-order valence-corrected chi connectivity index (χ1v) is 6.03. The van der Waals surface area contributed by atoms with Gasteiger partial charge in [0.15, 0.2) is 10.6 Å². The lowest BCUT2D eigenvalue weighted by atomic mass is 10.2. The average molecular weight is 272 g/mol. The number of aromatic nitrogens is 2. The highest BCUT2D eigenvalue weighted by atomic mass is 32.1. The van der Waals surface area contributed by atoms with Crippen LogP contribution in [-0.4, -0.2) is 23.3 Å². The van der Waals surface area contributed by atoms with E-state index in [1.165, 1.54) is 6.07 Å². The first-order valence-electron chi connectivity index (χ1n) is 5.62. The number of nitrogens with zero attached hydrogens (tertiary/aromatic N) is 1. The number of imidazole rings is 1. The van der Waals surface area contributed by atoms with E-state index in [-0.39, 0.29) is 11.6 Å². The van der Waals surface area contributed by atoms with Gasteiger partial charge in [0.2, 0.25) is 0 Å². The third-order valence-electron chi connectivity index (χ3n) is 2.92. The highest BCUT2D eigenvalue weighted by Gasteiger charge is 2.14. The van der Waals surface area contributed by atoms with Crippen LogP contribution in [0.3, 0.4) is 0 Å². The Kier molecular flexibility index (Phi) is 3.77. The molecule has 0 amide bonds. The summed E-state index contributed by atoms with van der Waals surface area (Å²) in [6.07, 6.45) is 0.718. The molecule has 0 saturated heterocycles. The molecule has 0 fully saturated rings. The lowest BCUT2D eigenvalue weighted by Crippen LogP contribution is -2.08. The topological polar surface area (TPSA) is 29.9 Å². The van der Waals surface area contributed by atoms with Crippen LogP contribution in [0.2, 0.25) is 0 Å². The second-order valence-corrected chi connectivity index (χ2v) is 4.60. The summed E-state index contributed by atoms with van der Waals surface area (Å²) in [7, 11) is 1.61. The number of aromatic amines is 1. The Bertz CT molecular complexity index is 620. The molecular weight excluding hydrogens is 258 g/mol. The molecule has 98 valence electrons. The first-order chi connectivity index (χ1) is 8.54. The minimum absolute atomic E-state index is 0.00685. The second-order valence-electron chi connectivity index (χ2n) is 4.21. The molecule has 2 aromatic rings. The summed E-state index contributed by atoms with van der Waals surface area (Å²) in [5.41, 5.74) is 0.687. The number of nitrogens with one attached hydrogen (secondary N) is 1. The summed E-state index contributed by atoms with van der Waals surface area (Å²) in [5.74, 6) is -1.24. The van der Waals surface area contributed by atoms with Crippen molar-refractivity contribution in [2.75, 3.05) is 13.7 Å². The number of hydrogen-bond acceptors (Lipinski definition) is 2. The standard InChI is InChI=1S/C12H14F2N2OS/c1-7(3-4-17-2)16-10-6-8(13)5-9(14)11(10)15-12(16)18/h5-7H,3-4H2,1-2H3,(H,15,18). The average Bonchev–Trinajstić information content (AvgIpc) is 2.63. The van der Waals surface area contributed by atoms with E-state index in [4.69, 9.17) is 17.0 Å². The fourth-order valence-electron chi connectivity index (χ4n) is 2.01. The molecule has 0 saturated carbocycles. The fourth-order valence-corrected chi connectivity index (χ4v) is 2.39. The van der Waals surface area contributed by atoms with Gasteiger partial charge in [0.1, 0.15) is 11.3 Å². The van der Waals surface area contributed by atoms with E-state index in [0.29, 0.717) is 16.9 Å². The van der Waals surface area contributed by atoms with Gasteiger partial charge in [0.25, 0.3) is 0 Å². The van der Waals surface area contributed by atoms with Crippen LogP contribution < -0.4 is 0 Å². The van der Waals surface area contributed by atoms with E-state index in [1.807, 2.05) is 6.92 Å². The van der Waals surface area contributed by atoms with Gasteiger partial charge in [-0.2, -0.15) is 0 Å². The molecule has 1 heterocycles. The van der Waals surface area contributed by atoms with E-state index < -0.39 is 11.6 Å². The van der Waals surface area contributed by atoms with Crippen LogP contribution in [0.15, 0.2) is 12.1 Å². The molecule has 0 spiro atoms. The molecule has 1 N–H and O–H groups in total. The monoisotopic (exact) mass is 272 g/mol. The Labute approximate surface area is 108 Å². The minimum Gasteiger partial charge on any atom is -0.385 e. The summed E-state index contributed by atoms with van der Waals surface area (Å²) in [4.78, 5) is 2.78. The smallest absolute Gasteiger partial charge is 0.178 e. The van der Waals surface area contributed by atoms with E-state index in [2.05, 4.69) is 4.98 Å². The van der Waals surface area contributed by atoms with Gasteiger partial charge in [-0.1, -0.05) is 0 Å². The lowest BCUT2D eigenvalue weighted by Gasteiger charge is -2.14. The number of ether oxygens (including phenoxy) is 1. The summed E-state index contributed by atoms with van der Waals surface area (Å²) in [6.45, 7) is 2.50. The van der Waals surface area contributed by atoms with Gasteiger partial charge < -0.3 is 14.3 Å². The van der Waals surface area contributed by atoms with Gasteiger partial charge in [-0.15, -0.1) is 0 Å². The molecule has 1 aromatic carbocycles. The number of hydrogen-bond donors (Lipinski definition) is 1. The van der Waals surface area contributed by atoms with Crippen molar-refractivity contribution in [2.24, 2.45) is 0 Å². The zero-order chi connectivity index (χ0) is 13.3. The van der Waals surface area contributed by atoms with Gasteiger partial charge in [-0.3, -0.25) is 0 Å². The van der Waals surface area contributed by atoms with Crippen LogP contribution in [0.25, 0.3) is 11.0 Å². The molecule has 0 aliphatic heterocycles. The maximum Gasteiger partial charge on any atom is 0.178 e. The van der Waals surface area contributed by atoms with Crippen molar-refractivity contribution in [1.29, 1.82) is 0 Å². The third-order valence-corrected chi connectivity index (χ3v) is 3.22. The van der Waals surface area contributed by atoms with Crippen molar-refractivity contribution in [2.45, 2.75) is 19.4 Å². The maximum atomic E-state index is 13.6. The minimum atomic E-state index is -0.631. The van der Waals surface area contributed by atoms with E-state index >= 15 is 0 Å². The molecular formula is C12H14F2N2OS. The van der Waals surface area contributed by atoms with Gasteiger partial charge >= 0.3 is 0 Å². The Morgan fingerprint density at radius 1 is 1.44 bits per heavy atom. The number of fused-ring (bicyclic) bond motifs is 1. The number of methoxy groups -OCH3 is 1. The van der Waals surface area contributed by atoms with Crippen LogP contribution in [-0.2, 0) is 4.74 Å². The van der Waals surface area contributed by atoms with Crippen LogP contribution in [0.1, 0.15) is 19.4 Å². The maximum absolute atomic E-state index is 13.6. The molecule has 18 heavy (non-hydrogen) atoms. The Morgan fingerprint density at radius 3 is 2.83 bits per heavy atom.